The molecule has 2 heterocycles. The molecule has 2 N–H and O–H groups in total. The van der Waals surface area contributed by atoms with Crippen molar-refractivity contribution in [2.45, 2.75) is 13.0 Å². The van der Waals surface area contributed by atoms with E-state index in [0.717, 1.165) is 22.1 Å². The van der Waals surface area contributed by atoms with E-state index < -0.39 is 10.9 Å². The Morgan fingerprint density at radius 1 is 1.08 bits per heavy atom. The summed E-state index contributed by atoms with van der Waals surface area (Å²) in [7, 11) is -2.63. The van der Waals surface area contributed by atoms with E-state index in [1.807, 2.05) is 30.3 Å². The fourth-order valence-electron chi connectivity index (χ4n) is 2.49. The second-order valence-corrected chi connectivity index (χ2v) is 5.95. The van der Waals surface area contributed by atoms with E-state index in [1.54, 1.807) is 19.2 Å². The molecule has 126 valence electrons. The molecule has 0 saturated heterocycles. The molecule has 0 amide bonds. The van der Waals surface area contributed by atoms with Crippen molar-refractivity contribution in [1.29, 1.82) is 0 Å². The fourth-order valence-corrected chi connectivity index (χ4v) is 2.96. The molecule has 0 bridgehead atoms. The van der Waals surface area contributed by atoms with Gasteiger partial charge in [0.05, 0.1) is 0 Å². The SMILES string of the molecule is C[C@H](N[SH](=O)=O)c1ccc(-c2ccnc3[nH]c(=O)ccc23)cc1.Cl. The molecule has 0 fully saturated rings. The second-order valence-electron chi connectivity index (χ2n) is 5.17. The summed E-state index contributed by atoms with van der Waals surface area (Å²) in [4.78, 5) is 18.3. The van der Waals surface area contributed by atoms with Crippen LogP contribution in [0, 0.1) is 0 Å². The number of halogens is 1. The van der Waals surface area contributed by atoms with Gasteiger partial charge in [-0.15, -0.1) is 12.4 Å². The number of nitrogens with zero attached hydrogens (tertiary/aromatic N) is 1. The molecule has 0 aliphatic rings. The number of benzene rings is 1. The highest BCUT2D eigenvalue weighted by Gasteiger charge is 2.08. The predicted octanol–water partition coefficient (Wildman–Crippen LogP) is 2.19. The molecule has 1 atom stereocenters. The Bertz CT molecular complexity index is 976. The van der Waals surface area contributed by atoms with Gasteiger partial charge >= 0.3 is 0 Å². The van der Waals surface area contributed by atoms with Crippen LogP contribution in [-0.2, 0) is 10.9 Å². The van der Waals surface area contributed by atoms with E-state index in [2.05, 4.69) is 14.7 Å². The Morgan fingerprint density at radius 2 is 1.79 bits per heavy atom. The minimum absolute atomic E-state index is 0. The number of pyridine rings is 2. The second kappa shape index (κ2) is 7.57. The van der Waals surface area contributed by atoms with Gasteiger partial charge < -0.3 is 4.98 Å². The smallest absolute Gasteiger partial charge is 0.249 e. The third kappa shape index (κ3) is 3.81. The quantitative estimate of drug-likeness (QED) is 0.618. The first kappa shape index (κ1) is 18.1. The van der Waals surface area contributed by atoms with Crippen LogP contribution in [-0.4, -0.2) is 18.4 Å². The van der Waals surface area contributed by atoms with Gasteiger partial charge in [-0.3, -0.25) is 4.79 Å². The van der Waals surface area contributed by atoms with Crippen molar-refractivity contribution >= 4 is 34.3 Å². The minimum Gasteiger partial charge on any atom is -0.307 e. The van der Waals surface area contributed by atoms with Crippen molar-refractivity contribution in [2.24, 2.45) is 0 Å². The van der Waals surface area contributed by atoms with Crippen LogP contribution in [0.25, 0.3) is 22.2 Å². The van der Waals surface area contributed by atoms with E-state index >= 15 is 0 Å². The number of H-pyrrole nitrogens is 1. The van der Waals surface area contributed by atoms with E-state index in [1.165, 1.54) is 6.07 Å². The van der Waals surface area contributed by atoms with E-state index in [-0.39, 0.29) is 24.0 Å². The lowest BCUT2D eigenvalue weighted by molar-refractivity contribution is 0.587. The van der Waals surface area contributed by atoms with Gasteiger partial charge in [0.15, 0.2) is 0 Å². The summed E-state index contributed by atoms with van der Waals surface area (Å²) in [6.07, 6.45) is 1.65. The Morgan fingerprint density at radius 3 is 2.46 bits per heavy atom. The number of hydrogen-bond acceptors (Lipinski definition) is 4. The highest BCUT2D eigenvalue weighted by molar-refractivity contribution is 7.70. The maximum Gasteiger partial charge on any atom is 0.249 e. The zero-order chi connectivity index (χ0) is 16.4. The molecule has 24 heavy (non-hydrogen) atoms. The normalized spacial score (nSPS) is 12.1. The monoisotopic (exact) mass is 365 g/mol. The molecule has 0 spiro atoms. The van der Waals surface area contributed by atoms with Crippen LogP contribution in [0.3, 0.4) is 0 Å². The Kier molecular flexibility index (Phi) is 5.71. The molecule has 6 nitrogen and oxygen atoms in total. The van der Waals surface area contributed by atoms with Crippen LogP contribution in [0.4, 0.5) is 0 Å². The zero-order valence-electron chi connectivity index (χ0n) is 12.7. The van der Waals surface area contributed by atoms with Gasteiger partial charge in [0.1, 0.15) is 5.65 Å². The average Bonchev–Trinajstić information content (AvgIpc) is 2.53. The number of hydrogen-bond donors (Lipinski definition) is 3. The molecule has 2 aromatic heterocycles. The van der Waals surface area contributed by atoms with Crippen molar-refractivity contribution < 1.29 is 8.42 Å². The summed E-state index contributed by atoms with van der Waals surface area (Å²) in [6, 6.07) is 12.4. The molecule has 3 aromatic rings. The molecular weight excluding hydrogens is 350 g/mol. The van der Waals surface area contributed by atoms with Gasteiger partial charge in [-0.1, -0.05) is 24.3 Å². The Labute approximate surface area is 146 Å². The van der Waals surface area contributed by atoms with Gasteiger partial charge in [-0.05, 0) is 35.7 Å². The predicted molar refractivity (Wildman–Crippen MR) is 96.9 cm³/mol. The molecule has 0 radical (unpaired) electrons. The minimum atomic E-state index is -2.63. The summed E-state index contributed by atoms with van der Waals surface area (Å²) in [5.41, 5.74) is 3.14. The van der Waals surface area contributed by atoms with Gasteiger partial charge in [0, 0.05) is 23.7 Å². The summed E-state index contributed by atoms with van der Waals surface area (Å²) in [5.74, 6) is 0. The lowest BCUT2D eigenvalue weighted by Gasteiger charge is -2.11. The topological polar surface area (TPSA) is 91.9 Å². The molecule has 3 rings (SSSR count). The van der Waals surface area contributed by atoms with Gasteiger partial charge in [0.2, 0.25) is 16.4 Å². The highest BCUT2D eigenvalue weighted by atomic mass is 35.5. The van der Waals surface area contributed by atoms with Crippen molar-refractivity contribution in [3.8, 4) is 11.1 Å². The Balaban J connectivity index is 0.00000208. The molecule has 8 heteroatoms. The average molecular weight is 366 g/mol. The van der Waals surface area contributed by atoms with E-state index in [0.29, 0.717) is 5.65 Å². The number of thiol groups is 1. The zero-order valence-corrected chi connectivity index (χ0v) is 14.4. The molecular formula is C16H16ClN3O3S. The Hall–Kier alpha value is -2.22. The largest absolute Gasteiger partial charge is 0.307 e. The molecule has 1 aromatic carbocycles. The van der Waals surface area contributed by atoms with Crippen molar-refractivity contribution in [2.75, 3.05) is 0 Å². The number of aromatic nitrogens is 2. The fraction of sp³-hybridized carbons (Fsp3) is 0.125. The summed E-state index contributed by atoms with van der Waals surface area (Å²) < 4.78 is 23.9. The van der Waals surface area contributed by atoms with Crippen LogP contribution in [0.15, 0.2) is 53.5 Å². The first-order valence-electron chi connectivity index (χ1n) is 7.03. The number of fused-ring (bicyclic) bond motifs is 1. The number of aromatic amines is 1. The van der Waals surface area contributed by atoms with Gasteiger partial charge in [-0.25, -0.2) is 18.1 Å². The van der Waals surface area contributed by atoms with Crippen LogP contribution < -0.4 is 10.3 Å². The summed E-state index contributed by atoms with van der Waals surface area (Å²) in [5, 5.41) is 0.855. The summed E-state index contributed by atoms with van der Waals surface area (Å²) >= 11 is 0. The first-order valence-corrected chi connectivity index (χ1v) is 8.21. The van der Waals surface area contributed by atoms with Crippen LogP contribution in [0.2, 0.25) is 0 Å². The lowest BCUT2D eigenvalue weighted by atomic mass is 10.00. The first-order chi connectivity index (χ1) is 11.0. The lowest BCUT2D eigenvalue weighted by Crippen LogP contribution is -2.16. The van der Waals surface area contributed by atoms with E-state index in [4.69, 9.17) is 0 Å². The number of nitrogens with one attached hydrogen (secondary N) is 2. The van der Waals surface area contributed by atoms with Crippen molar-refractivity contribution in [1.82, 2.24) is 14.7 Å². The third-order valence-electron chi connectivity index (χ3n) is 3.65. The van der Waals surface area contributed by atoms with Crippen LogP contribution >= 0.6 is 12.4 Å². The molecule has 0 unspecified atom stereocenters. The highest BCUT2D eigenvalue weighted by Crippen LogP contribution is 2.27. The van der Waals surface area contributed by atoms with Gasteiger partial charge in [-0.2, -0.15) is 0 Å². The number of rotatable bonds is 4. The van der Waals surface area contributed by atoms with Crippen molar-refractivity contribution in [3.05, 3.63) is 64.6 Å². The van der Waals surface area contributed by atoms with Gasteiger partial charge in [0.25, 0.3) is 0 Å². The standard InChI is InChI=1S/C16H15N3O3S.ClH/c1-10(19-23(21)22)11-2-4-12(5-3-11)13-8-9-17-16-14(13)6-7-15(20)18-16;/h2-10,23H,1H3,(H,17,18,20)(H,19,21,22);1H/t10-;/m0./s1. The molecule has 0 aliphatic heterocycles. The molecule has 0 saturated carbocycles. The molecule has 0 aliphatic carbocycles. The third-order valence-corrected chi connectivity index (χ3v) is 4.25. The maximum atomic E-state index is 11.4. The summed E-state index contributed by atoms with van der Waals surface area (Å²) in [6.45, 7) is 1.78. The van der Waals surface area contributed by atoms with E-state index in [9.17, 15) is 13.2 Å². The van der Waals surface area contributed by atoms with Crippen LogP contribution in [0.1, 0.15) is 18.5 Å². The van der Waals surface area contributed by atoms with Crippen molar-refractivity contribution in [3.63, 3.8) is 0 Å². The van der Waals surface area contributed by atoms with Crippen LogP contribution in [0.5, 0.6) is 0 Å². The maximum absolute atomic E-state index is 11.4.